The summed E-state index contributed by atoms with van der Waals surface area (Å²) in [6.45, 7) is 4.35. The molecule has 2 aromatic rings. The molecule has 0 heterocycles. The molecule has 0 spiro atoms. The molecule has 0 radical (unpaired) electrons. The van der Waals surface area contributed by atoms with Gasteiger partial charge in [-0.25, -0.2) is 0 Å². The first-order valence-corrected chi connectivity index (χ1v) is 13.2. The van der Waals surface area contributed by atoms with Crippen molar-refractivity contribution in [1.82, 2.24) is 5.32 Å². The van der Waals surface area contributed by atoms with Crippen LogP contribution in [0.5, 0.6) is 5.75 Å². The average molecular weight is 585 g/mol. The monoisotopic (exact) mass is 584 g/mol. The van der Waals surface area contributed by atoms with Crippen molar-refractivity contribution in [2.24, 2.45) is 5.92 Å². The Morgan fingerprint density at radius 3 is 2.15 bits per heavy atom. The van der Waals surface area contributed by atoms with Crippen LogP contribution >= 0.6 is 0 Å². The number of anilines is 2. The van der Waals surface area contributed by atoms with Crippen molar-refractivity contribution in [1.29, 1.82) is 0 Å². The first-order chi connectivity index (χ1) is 19.7. The minimum atomic E-state index is -1.57. The molecule has 1 amide bonds. The van der Waals surface area contributed by atoms with E-state index in [1.807, 2.05) is 0 Å². The molecule has 0 saturated carbocycles. The SMILES string of the molecule is CCOc1c(Nc2ccc(C(=O)NCCOCCOCCOC(OC)C(O)C(O)C(O)C(C)CO)cc2)c(=O)c1=O. The standard InChI is InChI=1S/C27H40N2O12/c1-4-40-25-19(21(32)23(25)34)29-18-7-5-17(6-8-18)26(36)28-9-10-38-11-12-39-13-14-41-27(37-3)24(35)22(33)20(31)16(2)15-30/h5-8,16,20,22,24,27,29-31,33,35H,4,9-15H2,1-3H3,(H,28,36). The smallest absolute Gasteiger partial charge is 0.272 e. The summed E-state index contributed by atoms with van der Waals surface area (Å²) in [5.41, 5.74) is -0.280. The number of carbonyl (C=O) groups excluding carboxylic acids is 1. The summed E-state index contributed by atoms with van der Waals surface area (Å²) in [6, 6.07) is 6.37. The van der Waals surface area contributed by atoms with Gasteiger partial charge < -0.3 is 54.7 Å². The number of amides is 1. The molecule has 0 fully saturated rings. The Morgan fingerprint density at radius 2 is 1.54 bits per heavy atom. The van der Waals surface area contributed by atoms with Gasteiger partial charge in [0.2, 0.25) is 0 Å². The third-order valence-corrected chi connectivity index (χ3v) is 6.07. The van der Waals surface area contributed by atoms with Crippen LogP contribution in [-0.2, 0) is 18.9 Å². The van der Waals surface area contributed by atoms with Gasteiger partial charge in [0, 0.05) is 37.4 Å². The van der Waals surface area contributed by atoms with Gasteiger partial charge in [0.25, 0.3) is 16.8 Å². The highest BCUT2D eigenvalue weighted by Crippen LogP contribution is 2.23. The van der Waals surface area contributed by atoms with Crippen molar-refractivity contribution in [2.45, 2.75) is 38.4 Å². The van der Waals surface area contributed by atoms with Crippen LogP contribution in [0.1, 0.15) is 24.2 Å². The van der Waals surface area contributed by atoms with Crippen molar-refractivity contribution in [3.63, 3.8) is 0 Å². The Morgan fingerprint density at radius 1 is 0.902 bits per heavy atom. The Bertz CT molecular complexity index is 1120. The van der Waals surface area contributed by atoms with Crippen LogP contribution in [0.15, 0.2) is 33.9 Å². The summed E-state index contributed by atoms with van der Waals surface area (Å²) in [5.74, 6) is -0.941. The Balaban J connectivity index is 1.57. The molecule has 2 aromatic carbocycles. The summed E-state index contributed by atoms with van der Waals surface area (Å²) in [5, 5.41) is 44.8. The van der Waals surface area contributed by atoms with Crippen molar-refractivity contribution in [3.05, 3.63) is 50.3 Å². The molecule has 0 aliphatic heterocycles. The minimum Gasteiger partial charge on any atom is -0.488 e. The molecule has 0 bridgehead atoms. The number of rotatable bonds is 21. The van der Waals surface area contributed by atoms with E-state index in [-0.39, 0.29) is 70.1 Å². The molecule has 6 N–H and O–H groups in total. The molecular formula is C27H40N2O12. The lowest BCUT2D eigenvalue weighted by Crippen LogP contribution is -2.49. The number of methoxy groups -OCH3 is 1. The molecule has 14 heteroatoms. The van der Waals surface area contributed by atoms with E-state index in [4.69, 9.17) is 28.8 Å². The Kier molecular flexibility index (Phi) is 14.8. The van der Waals surface area contributed by atoms with Crippen LogP contribution < -0.4 is 26.2 Å². The predicted octanol–water partition coefficient (Wildman–Crippen LogP) is -1.11. The van der Waals surface area contributed by atoms with Crippen molar-refractivity contribution >= 4 is 17.3 Å². The van der Waals surface area contributed by atoms with Gasteiger partial charge in [0.15, 0.2) is 12.0 Å². The highest BCUT2D eigenvalue weighted by molar-refractivity contribution is 5.94. The third kappa shape index (κ3) is 10.1. The largest absolute Gasteiger partial charge is 0.488 e. The molecule has 0 aromatic heterocycles. The molecule has 2 rings (SSSR count). The van der Waals surface area contributed by atoms with Crippen LogP contribution in [0.3, 0.4) is 0 Å². The van der Waals surface area contributed by atoms with Crippen LogP contribution in [-0.4, -0.2) is 111 Å². The highest BCUT2D eigenvalue weighted by Gasteiger charge is 2.34. The lowest BCUT2D eigenvalue weighted by atomic mass is 9.97. The maximum Gasteiger partial charge on any atom is 0.272 e. The summed E-state index contributed by atoms with van der Waals surface area (Å²) >= 11 is 0. The zero-order valence-corrected chi connectivity index (χ0v) is 23.4. The summed E-state index contributed by atoms with van der Waals surface area (Å²) < 4.78 is 26.3. The molecule has 0 aliphatic rings. The summed E-state index contributed by atoms with van der Waals surface area (Å²) in [6.07, 6.45) is -5.67. The fourth-order valence-electron chi connectivity index (χ4n) is 3.61. The average Bonchev–Trinajstić information content (AvgIpc) is 3.00. The second kappa shape index (κ2) is 17.8. The number of aliphatic hydroxyl groups is 4. The fourth-order valence-corrected chi connectivity index (χ4v) is 3.61. The highest BCUT2D eigenvalue weighted by atomic mass is 16.7. The normalized spacial score (nSPS) is 15.2. The van der Waals surface area contributed by atoms with Gasteiger partial charge in [-0.05, 0) is 31.2 Å². The summed E-state index contributed by atoms with van der Waals surface area (Å²) in [7, 11) is 1.28. The van der Waals surface area contributed by atoms with Gasteiger partial charge in [-0.15, -0.1) is 0 Å². The lowest BCUT2D eigenvalue weighted by molar-refractivity contribution is -0.222. The maximum atomic E-state index is 12.3. The first kappa shape index (κ1) is 34.3. The molecule has 5 unspecified atom stereocenters. The Labute approximate surface area is 237 Å². The third-order valence-electron chi connectivity index (χ3n) is 6.07. The van der Waals surface area contributed by atoms with E-state index < -0.39 is 41.4 Å². The second-order valence-corrected chi connectivity index (χ2v) is 9.08. The van der Waals surface area contributed by atoms with E-state index in [1.165, 1.54) is 14.0 Å². The number of carbonyl (C=O) groups is 1. The fraction of sp³-hybridized carbons (Fsp3) is 0.593. The summed E-state index contributed by atoms with van der Waals surface area (Å²) in [4.78, 5) is 35.6. The molecule has 0 aliphatic carbocycles. The van der Waals surface area contributed by atoms with E-state index in [0.717, 1.165) is 0 Å². The van der Waals surface area contributed by atoms with E-state index in [1.54, 1.807) is 31.2 Å². The number of ether oxygens (including phenoxy) is 5. The molecule has 5 atom stereocenters. The van der Waals surface area contributed by atoms with Gasteiger partial charge in [-0.1, -0.05) is 6.92 Å². The zero-order valence-electron chi connectivity index (χ0n) is 23.4. The second-order valence-electron chi connectivity index (χ2n) is 9.08. The zero-order chi connectivity index (χ0) is 30.4. The molecule has 230 valence electrons. The van der Waals surface area contributed by atoms with Gasteiger partial charge in [-0.3, -0.25) is 14.4 Å². The van der Waals surface area contributed by atoms with E-state index in [9.17, 15) is 29.7 Å². The minimum absolute atomic E-state index is 0.0101. The maximum absolute atomic E-state index is 12.3. The van der Waals surface area contributed by atoms with Gasteiger partial charge in [-0.2, -0.15) is 0 Å². The number of hydrogen-bond donors (Lipinski definition) is 6. The van der Waals surface area contributed by atoms with Gasteiger partial charge >= 0.3 is 0 Å². The Hall–Kier alpha value is -2.95. The van der Waals surface area contributed by atoms with Crippen molar-refractivity contribution < 1.29 is 48.9 Å². The lowest BCUT2D eigenvalue weighted by Gasteiger charge is -2.30. The van der Waals surface area contributed by atoms with Gasteiger partial charge in [0.1, 0.15) is 17.9 Å². The topological polar surface area (TPSA) is 202 Å². The van der Waals surface area contributed by atoms with E-state index in [2.05, 4.69) is 10.6 Å². The van der Waals surface area contributed by atoms with Crippen LogP contribution in [0.4, 0.5) is 11.4 Å². The van der Waals surface area contributed by atoms with Crippen molar-refractivity contribution in [3.8, 4) is 5.75 Å². The number of hydrogen-bond acceptors (Lipinski definition) is 13. The van der Waals surface area contributed by atoms with Gasteiger partial charge in [0.05, 0.1) is 45.7 Å². The first-order valence-electron chi connectivity index (χ1n) is 13.2. The van der Waals surface area contributed by atoms with Crippen LogP contribution in [0.25, 0.3) is 0 Å². The van der Waals surface area contributed by atoms with E-state index >= 15 is 0 Å². The van der Waals surface area contributed by atoms with Crippen LogP contribution in [0, 0.1) is 5.92 Å². The molecule has 0 saturated heterocycles. The molecule has 14 nitrogen and oxygen atoms in total. The number of aliphatic hydroxyl groups excluding tert-OH is 4. The molecule has 41 heavy (non-hydrogen) atoms. The molecular weight excluding hydrogens is 544 g/mol. The van der Waals surface area contributed by atoms with E-state index in [0.29, 0.717) is 11.3 Å². The van der Waals surface area contributed by atoms with Crippen molar-refractivity contribution in [2.75, 3.05) is 65.2 Å². The number of benzene rings is 1. The number of nitrogens with one attached hydrogen (secondary N) is 2. The van der Waals surface area contributed by atoms with Crippen LogP contribution in [0.2, 0.25) is 0 Å². The predicted molar refractivity (Wildman–Crippen MR) is 147 cm³/mol. The quantitative estimate of drug-likeness (QED) is 0.0586.